The molecule has 1 aromatic carbocycles. The lowest BCUT2D eigenvalue weighted by Gasteiger charge is -2.30. The van der Waals surface area contributed by atoms with Crippen molar-refractivity contribution in [3.8, 4) is 0 Å². The molecule has 0 aromatic heterocycles. The van der Waals surface area contributed by atoms with Gasteiger partial charge in [-0.05, 0) is 32.4 Å². The highest BCUT2D eigenvalue weighted by Crippen LogP contribution is 2.22. The number of hydrogen-bond donors (Lipinski definition) is 0. The van der Waals surface area contributed by atoms with E-state index in [0.717, 1.165) is 32.6 Å². The van der Waals surface area contributed by atoms with Crippen molar-refractivity contribution in [2.45, 2.75) is 26.3 Å². The van der Waals surface area contributed by atoms with Crippen LogP contribution in [0, 0.1) is 0 Å². The van der Waals surface area contributed by atoms with E-state index in [1.165, 1.54) is 5.69 Å². The fraction of sp³-hybridized carbons (Fsp3) is 0.562. The van der Waals surface area contributed by atoms with Gasteiger partial charge in [-0.25, -0.2) is 4.79 Å². The Morgan fingerprint density at radius 1 is 1.25 bits per heavy atom. The number of amides is 2. The molecular formula is C16H25N3O. The Morgan fingerprint density at radius 3 is 2.50 bits per heavy atom. The Hall–Kier alpha value is -1.71. The second-order valence-electron chi connectivity index (χ2n) is 5.29. The molecule has 2 amide bonds. The summed E-state index contributed by atoms with van der Waals surface area (Å²) in [4.78, 5) is 18.5. The summed E-state index contributed by atoms with van der Waals surface area (Å²) < 4.78 is 0. The van der Waals surface area contributed by atoms with Crippen LogP contribution in [0.1, 0.15) is 20.3 Å². The highest BCUT2D eigenvalue weighted by molar-refractivity contribution is 5.74. The Bertz CT molecular complexity index is 431. The van der Waals surface area contributed by atoms with Gasteiger partial charge in [0.2, 0.25) is 0 Å². The molecule has 0 aliphatic carbocycles. The zero-order valence-corrected chi connectivity index (χ0v) is 12.7. The molecule has 0 saturated carbocycles. The average Bonchev–Trinajstić information content (AvgIpc) is 2.98. The summed E-state index contributed by atoms with van der Waals surface area (Å²) in [5.74, 6) is 0. The smallest absolute Gasteiger partial charge is 0.320 e. The summed E-state index contributed by atoms with van der Waals surface area (Å²) in [6.07, 6.45) is 1.04. The first-order valence-electron chi connectivity index (χ1n) is 7.49. The largest absolute Gasteiger partial charge is 0.369 e. The Morgan fingerprint density at radius 2 is 1.90 bits per heavy atom. The van der Waals surface area contributed by atoms with E-state index >= 15 is 0 Å². The zero-order chi connectivity index (χ0) is 14.5. The normalized spacial score (nSPS) is 18.1. The summed E-state index contributed by atoms with van der Waals surface area (Å²) in [5.41, 5.74) is 1.25. The number of hydrogen-bond acceptors (Lipinski definition) is 2. The number of rotatable bonds is 4. The van der Waals surface area contributed by atoms with E-state index in [9.17, 15) is 4.79 Å². The second kappa shape index (κ2) is 6.64. The summed E-state index contributed by atoms with van der Waals surface area (Å²) in [6.45, 7) is 7.54. The van der Waals surface area contributed by atoms with Gasteiger partial charge in [0.15, 0.2) is 0 Å². The maximum Gasteiger partial charge on any atom is 0.320 e. The lowest BCUT2D eigenvalue weighted by Crippen LogP contribution is -2.46. The van der Waals surface area contributed by atoms with Crippen molar-refractivity contribution >= 4 is 11.7 Å². The molecule has 0 N–H and O–H groups in total. The van der Waals surface area contributed by atoms with E-state index in [1.54, 1.807) is 0 Å². The van der Waals surface area contributed by atoms with Crippen molar-refractivity contribution in [3.63, 3.8) is 0 Å². The predicted molar refractivity (Wildman–Crippen MR) is 83.1 cm³/mol. The first-order chi connectivity index (χ1) is 9.67. The fourth-order valence-electron chi connectivity index (χ4n) is 2.80. The van der Waals surface area contributed by atoms with Crippen LogP contribution in [-0.4, -0.2) is 55.1 Å². The summed E-state index contributed by atoms with van der Waals surface area (Å²) in [6, 6.07) is 10.9. The monoisotopic (exact) mass is 275 g/mol. The Labute approximate surface area is 122 Å². The molecule has 1 aromatic rings. The van der Waals surface area contributed by atoms with E-state index in [-0.39, 0.29) is 6.03 Å². The van der Waals surface area contributed by atoms with Gasteiger partial charge in [-0.3, -0.25) is 0 Å². The maximum absolute atomic E-state index is 12.4. The molecule has 1 atom stereocenters. The van der Waals surface area contributed by atoms with Crippen LogP contribution in [0.4, 0.5) is 10.5 Å². The number of carbonyl (C=O) groups is 1. The van der Waals surface area contributed by atoms with Crippen molar-refractivity contribution in [2.75, 3.05) is 38.1 Å². The van der Waals surface area contributed by atoms with Crippen LogP contribution in [0.2, 0.25) is 0 Å². The highest BCUT2D eigenvalue weighted by Gasteiger charge is 2.29. The number of benzene rings is 1. The molecule has 4 nitrogen and oxygen atoms in total. The van der Waals surface area contributed by atoms with Crippen LogP contribution in [0.3, 0.4) is 0 Å². The van der Waals surface area contributed by atoms with Crippen LogP contribution in [-0.2, 0) is 0 Å². The van der Waals surface area contributed by atoms with Gasteiger partial charge in [0.05, 0.1) is 6.04 Å². The average molecular weight is 275 g/mol. The van der Waals surface area contributed by atoms with Gasteiger partial charge in [0, 0.05) is 38.9 Å². The maximum atomic E-state index is 12.4. The van der Waals surface area contributed by atoms with Gasteiger partial charge in [-0.1, -0.05) is 18.2 Å². The molecule has 0 unspecified atom stereocenters. The van der Waals surface area contributed by atoms with Gasteiger partial charge < -0.3 is 14.7 Å². The molecule has 1 heterocycles. The zero-order valence-electron chi connectivity index (χ0n) is 12.7. The van der Waals surface area contributed by atoms with Gasteiger partial charge >= 0.3 is 6.03 Å². The first kappa shape index (κ1) is 14.7. The van der Waals surface area contributed by atoms with E-state index in [0.29, 0.717) is 6.04 Å². The van der Waals surface area contributed by atoms with Gasteiger partial charge in [-0.15, -0.1) is 0 Å². The quantitative estimate of drug-likeness (QED) is 0.844. The molecule has 0 spiro atoms. The minimum Gasteiger partial charge on any atom is -0.369 e. The molecule has 1 aliphatic rings. The van der Waals surface area contributed by atoms with Crippen molar-refractivity contribution in [1.29, 1.82) is 0 Å². The Kier molecular flexibility index (Phi) is 4.88. The SMILES string of the molecule is CCN(CC)C(=O)N(C)[C@@H]1CCN(c2ccccc2)C1. The number of anilines is 1. The predicted octanol–water partition coefficient (Wildman–Crippen LogP) is 2.66. The van der Waals surface area contributed by atoms with Crippen molar-refractivity contribution in [2.24, 2.45) is 0 Å². The number of urea groups is 1. The summed E-state index contributed by atoms with van der Waals surface area (Å²) >= 11 is 0. The lowest BCUT2D eigenvalue weighted by molar-refractivity contribution is 0.154. The topological polar surface area (TPSA) is 26.8 Å². The third-order valence-electron chi connectivity index (χ3n) is 4.17. The van der Waals surface area contributed by atoms with Crippen LogP contribution in [0.5, 0.6) is 0 Å². The molecular weight excluding hydrogens is 250 g/mol. The molecule has 4 heteroatoms. The van der Waals surface area contributed by atoms with Crippen LogP contribution < -0.4 is 4.90 Å². The molecule has 0 radical (unpaired) electrons. The number of likely N-dealkylation sites (N-methyl/N-ethyl adjacent to an activating group) is 1. The van der Waals surface area contributed by atoms with Crippen molar-refractivity contribution in [3.05, 3.63) is 30.3 Å². The van der Waals surface area contributed by atoms with Crippen LogP contribution in [0.15, 0.2) is 30.3 Å². The van der Waals surface area contributed by atoms with Gasteiger partial charge in [-0.2, -0.15) is 0 Å². The standard InChI is InChI=1S/C16H25N3O/c1-4-18(5-2)16(20)17(3)15-11-12-19(13-15)14-9-7-6-8-10-14/h6-10,15H,4-5,11-13H2,1-3H3/t15-/m1/s1. The lowest BCUT2D eigenvalue weighted by atomic mass is 10.2. The van der Waals surface area contributed by atoms with E-state index in [4.69, 9.17) is 0 Å². The van der Waals surface area contributed by atoms with Gasteiger partial charge in [0.25, 0.3) is 0 Å². The molecule has 110 valence electrons. The van der Waals surface area contributed by atoms with E-state index in [2.05, 4.69) is 29.2 Å². The number of carbonyl (C=O) groups excluding carboxylic acids is 1. The van der Waals surface area contributed by atoms with Crippen molar-refractivity contribution < 1.29 is 4.79 Å². The minimum absolute atomic E-state index is 0.148. The second-order valence-corrected chi connectivity index (χ2v) is 5.29. The molecule has 1 fully saturated rings. The molecule has 2 rings (SSSR count). The van der Waals surface area contributed by atoms with Crippen LogP contribution in [0.25, 0.3) is 0 Å². The minimum atomic E-state index is 0.148. The van der Waals surface area contributed by atoms with E-state index in [1.807, 2.05) is 36.8 Å². The molecule has 1 aliphatic heterocycles. The number of para-hydroxylation sites is 1. The highest BCUT2D eigenvalue weighted by atomic mass is 16.2. The Balaban J connectivity index is 1.97. The molecule has 1 saturated heterocycles. The van der Waals surface area contributed by atoms with Crippen molar-refractivity contribution in [1.82, 2.24) is 9.80 Å². The molecule has 20 heavy (non-hydrogen) atoms. The summed E-state index contributed by atoms with van der Waals surface area (Å²) in [7, 11) is 1.93. The van der Waals surface area contributed by atoms with Gasteiger partial charge in [0.1, 0.15) is 0 Å². The third-order valence-corrected chi connectivity index (χ3v) is 4.17. The first-order valence-corrected chi connectivity index (χ1v) is 7.49. The third kappa shape index (κ3) is 3.06. The number of nitrogens with zero attached hydrogens (tertiary/aromatic N) is 3. The van der Waals surface area contributed by atoms with Crippen LogP contribution >= 0.6 is 0 Å². The van der Waals surface area contributed by atoms with E-state index < -0.39 is 0 Å². The molecule has 0 bridgehead atoms. The fourth-order valence-corrected chi connectivity index (χ4v) is 2.80. The summed E-state index contributed by atoms with van der Waals surface area (Å²) in [5, 5.41) is 0.